The van der Waals surface area contributed by atoms with Crippen molar-refractivity contribution in [1.82, 2.24) is 15.0 Å². The van der Waals surface area contributed by atoms with Crippen LogP contribution in [0.1, 0.15) is 37.9 Å². The van der Waals surface area contributed by atoms with Crippen LogP contribution in [0.15, 0.2) is 10.6 Å². The van der Waals surface area contributed by atoms with Crippen molar-refractivity contribution >= 4 is 17.8 Å². The summed E-state index contributed by atoms with van der Waals surface area (Å²) < 4.78 is 4.92. The zero-order chi connectivity index (χ0) is 16.1. The average molecular weight is 308 g/mol. The first kappa shape index (κ1) is 16.3. The first-order chi connectivity index (χ1) is 10.5. The highest BCUT2D eigenvalue weighted by molar-refractivity contribution is 5.93. The predicted octanol–water partition coefficient (Wildman–Crippen LogP) is 2.24. The Morgan fingerprint density at radius 1 is 1.32 bits per heavy atom. The summed E-state index contributed by atoms with van der Waals surface area (Å²) in [6, 6.07) is 1.66. The molecule has 3 amide bonds. The van der Waals surface area contributed by atoms with E-state index in [1.807, 2.05) is 0 Å². The summed E-state index contributed by atoms with van der Waals surface area (Å²) >= 11 is 0. The van der Waals surface area contributed by atoms with Gasteiger partial charge in [-0.2, -0.15) is 0 Å². The van der Waals surface area contributed by atoms with Gasteiger partial charge < -0.3 is 19.6 Å². The van der Waals surface area contributed by atoms with Crippen LogP contribution >= 0.6 is 0 Å². The van der Waals surface area contributed by atoms with Crippen LogP contribution in [0, 0.1) is 6.92 Å². The molecule has 122 valence electrons. The van der Waals surface area contributed by atoms with E-state index >= 15 is 0 Å². The molecule has 0 bridgehead atoms. The van der Waals surface area contributed by atoms with Gasteiger partial charge in [-0.25, -0.2) is 4.79 Å². The second-order valence-corrected chi connectivity index (χ2v) is 5.97. The molecule has 0 spiro atoms. The fourth-order valence-electron chi connectivity index (χ4n) is 2.76. The summed E-state index contributed by atoms with van der Waals surface area (Å²) in [6.07, 6.45) is 5.31. The van der Waals surface area contributed by atoms with E-state index in [1.165, 1.54) is 11.3 Å². The van der Waals surface area contributed by atoms with Gasteiger partial charge in [0.15, 0.2) is 5.82 Å². The van der Waals surface area contributed by atoms with Crippen LogP contribution in [0.5, 0.6) is 0 Å². The SMILES string of the molecule is Cc1cc(NC(=O)CN(C(=O)N(C)C)C2CCCCC2)no1. The van der Waals surface area contributed by atoms with Crippen LogP contribution in [0.3, 0.4) is 0 Å². The molecule has 0 unspecified atom stereocenters. The Morgan fingerprint density at radius 3 is 2.55 bits per heavy atom. The molecule has 7 nitrogen and oxygen atoms in total. The molecule has 1 aromatic heterocycles. The number of rotatable bonds is 4. The number of nitrogens with one attached hydrogen (secondary N) is 1. The molecule has 1 aliphatic carbocycles. The van der Waals surface area contributed by atoms with E-state index in [4.69, 9.17) is 4.52 Å². The van der Waals surface area contributed by atoms with Gasteiger partial charge >= 0.3 is 6.03 Å². The van der Waals surface area contributed by atoms with Gasteiger partial charge in [-0.15, -0.1) is 0 Å². The van der Waals surface area contributed by atoms with E-state index in [1.54, 1.807) is 32.0 Å². The summed E-state index contributed by atoms with van der Waals surface area (Å²) in [5, 5.41) is 6.40. The fourth-order valence-corrected chi connectivity index (χ4v) is 2.76. The topological polar surface area (TPSA) is 78.7 Å². The number of carbonyl (C=O) groups excluding carboxylic acids is 2. The van der Waals surface area contributed by atoms with E-state index in [9.17, 15) is 9.59 Å². The molecule has 1 N–H and O–H groups in total. The zero-order valence-electron chi connectivity index (χ0n) is 13.5. The van der Waals surface area contributed by atoms with E-state index in [2.05, 4.69) is 10.5 Å². The predicted molar refractivity (Wildman–Crippen MR) is 82.5 cm³/mol. The lowest BCUT2D eigenvalue weighted by atomic mass is 9.94. The Kier molecular flexibility index (Phi) is 5.41. The third-order valence-corrected chi connectivity index (χ3v) is 3.85. The third kappa shape index (κ3) is 4.22. The number of aromatic nitrogens is 1. The summed E-state index contributed by atoms with van der Waals surface area (Å²) in [5.74, 6) is 0.751. The third-order valence-electron chi connectivity index (χ3n) is 3.85. The van der Waals surface area contributed by atoms with Gasteiger partial charge in [-0.3, -0.25) is 4.79 Å². The Labute approximate surface area is 130 Å². The number of hydrogen-bond acceptors (Lipinski definition) is 4. The van der Waals surface area contributed by atoms with Crippen molar-refractivity contribution in [1.29, 1.82) is 0 Å². The summed E-state index contributed by atoms with van der Waals surface area (Å²) in [6.45, 7) is 1.79. The van der Waals surface area contributed by atoms with Crippen LogP contribution in [0.25, 0.3) is 0 Å². The van der Waals surface area contributed by atoms with Crippen molar-refractivity contribution in [2.24, 2.45) is 0 Å². The standard InChI is InChI=1S/C15H24N4O3/c1-11-9-13(17-22-11)16-14(20)10-19(15(21)18(2)3)12-7-5-4-6-8-12/h9,12H,4-8,10H2,1-3H3,(H,16,17,20). The van der Waals surface area contributed by atoms with Gasteiger partial charge in [-0.05, 0) is 19.8 Å². The lowest BCUT2D eigenvalue weighted by Gasteiger charge is -2.35. The fraction of sp³-hybridized carbons (Fsp3) is 0.667. The highest BCUT2D eigenvalue weighted by atomic mass is 16.5. The van der Waals surface area contributed by atoms with Crippen molar-refractivity contribution in [2.45, 2.75) is 45.1 Å². The van der Waals surface area contributed by atoms with Crippen molar-refractivity contribution < 1.29 is 14.1 Å². The lowest BCUT2D eigenvalue weighted by molar-refractivity contribution is -0.117. The minimum absolute atomic E-state index is 0.0353. The summed E-state index contributed by atoms with van der Waals surface area (Å²) in [7, 11) is 3.41. The highest BCUT2D eigenvalue weighted by Gasteiger charge is 2.28. The van der Waals surface area contributed by atoms with E-state index in [-0.39, 0.29) is 24.5 Å². The largest absolute Gasteiger partial charge is 0.360 e. The Morgan fingerprint density at radius 2 is 2.00 bits per heavy atom. The molecule has 1 aliphatic rings. The maximum Gasteiger partial charge on any atom is 0.320 e. The number of carbonyl (C=O) groups is 2. The van der Waals surface area contributed by atoms with Crippen molar-refractivity contribution in [3.05, 3.63) is 11.8 Å². The maximum absolute atomic E-state index is 12.4. The number of urea groups is 1. The summed E-state index contributed by atoms with van der Waals surface area (Å²) in [4.78, 5) is 27.8. The molecular weight excluding hydrogens is 284 g/mol. The molecule has 0 atom stereocenters. The maximum atomic E-state index is 12.4. The van der Waals surface area contributed by atoms with Gasteiger partial charge in [0.1, 0.15) is 12.3 Å². The molecule has 1 aromatic rings. The molecule has 7 heteroatoms. The van der Waals surface area contributed by atoms with Crippen LogP contribution in [0.2, 0.25) is 0 Å². The van der Waals surface area contributed by atoms with Gasteiger partial charge in [-0.1, -0.05) is 24.4 Å². The van der Waals surface area contributed by atoms with Gasteiger partial charge in [0.05, 0.1) is 0 Å². The molecule has 22 heavy (non-hydrogen) atoms. The second kappa shape index (κ2) is 7.29. The van der Waals surface area contributed by atoms with Crippen LogP contribution < -0.4 is 5.32 Å². The second-order valence-electron chi connectivity index (χ2n) is 5.97. The number of aryl methyl sites for hydroxylation is 1. The van der Waals surface area contributed by atoms with Crippen molar-refractivity contribution in [3.8, 4) is 0 Å². The molecule has 0 saturated heterocycles. The average Bonchev–Trinajstić information content (AvgIpc) is 2.90. The number of hydrogen-bond donors (Lipinski definition) is 1. The quantitative estimate of drug-likeness (QED) is 0.925. The highest BCUT2D eigenvalue weighted by Crippen LogP contribution is 2.23. The lowest BCUT2D eigenvalue weighted by Crippen LogP contribution is -2.49. The number of amides is 3. The first-order valence-electron chi connectivity index (χ1n) is 7.68. The molecule has 2 rings (SSSR count). The van der Waals surface area contributed by atoms with Gasteiger partial charge in [0, 0.05) is 26.2 Å². The minimum atomic E-state index is -0.255. The first-order valence-corrected chi connectivity index (χ1v) is 7.68. The monoisotopic (exact) mass is 308 g/mol. The van der Waals surface area contributed by atoms with Crippen LogP contribution in [-0.4, -0.2) is 53.6 Å². The number of nitrogens with zero attached hydrogens (tertiary/aromatic N) is 3. The van der Waals surface area contributed by atoms with Crippen molar-refractivity contribution in [3.63, 3.8) is 0 Å². The Bertz CT molecular complexity index is 521. The summed E-state index contributed by atoms with van der Waals surface area (Å²) in [5.41, 5.74) is 0. The van der Waals surface area contributed by atoms with Crippen LogP contribution in [0.4, 0.5) is 10.6 Å². The molecular formula is C15H24N4O3. The Hall–Kier alpha value is -2.05. The minimum Gasteiger partial charge on any atom is -0.360 e. The molecule has 1 saturated carbocycles. The zero-order valence-corrected chi connectivity index (χ0v) is 13.5. The molecule has 1 heterocycles. The van der Waals surface area contributed by atoms with E-state index < -0.39 is 0 Å². The van der Waals surface area contributed by atoms with Crippen LogP contribution in [-0.2, 0) is 4.79 Å². The van der Waals surface area contributed by atoms with Gasteiger partial charge in [0.2, 0.25) is 5.91 Å². The number of anilines is 1. The smallest absolute Gasteiger partial charge is 0.320 e. The van der Waals surface area contributed by atoms with E-state index in [0.29, 0.717) is 11.6 Å². The van der Waals surface area contributed by atoms with E-state index in [0.717, 1.165) is 25.7 Å². The molecule has 0 aliphatic heterocycles. The Balaban J connectivity index is 2.01. The molecule has 0 radical (unpaired) electrons. The molecule has 0 aromatic carbocycles. The normalized spacial score (nSPS) is 15.4. The molecule has 1 fully saturated rings. The van der Waals surface area contributed by atoms with Crippen molar-refractivity contribution in [2.75, 3.05) is 26.0 Å². The van der Waals surface area contributed by atoms with Gasteiger partial charge in [0.25, 0.3) is 0 Å².